The zero-order valence-corrected chi connectivity index (χ0v) is 7.83. The summed E-state index contributed by atoms with van der Waals surface area (Å²) in [6.07, 6.45) is 0.744. The Morgan fingerprint density at radius 3 is 2.33 bits per heavy atom. The van der Waals surface area contributed by atoms with Crippen molar-refractivity contribution in [3.05, 3.63) is 11.4 Å². The van der Waals surface area contributed by atoms with E-state index in [9.17, 15) is 4.79 Å². The highest BCUT2D eigenvalue weighted by molar-refractivity contribution is 5.73. The van der Waals surface area contributed by atoms with Crippen LogP contribution in [-0.2, 0) is 12.5 Å². The van der Waals surface area contributed by atoms with E-state index in [1.54, 1.807) is 11.7 Å². The second kappa shape index (κ2) is 2.69. The first-order valence-corrected chi connectivity index (χ1v) is 3.82. The number of carbonyl (C=O) groups excluding carboxylic acids is 1. The molecule has 0 N–H and O–H groups in total. The number of aldehydes is 1. The van der Waals surface area contributed by atoms with Crippen LogP contribution in [0, 0.1) is 0 Å². The number of aromatic nitrogens is 3. The monoisotopic (exact) mass is 167 g/mol. The third-order valence-electron chi connectivity index (χ3n) is 1.67. The number of aryl methyl sites for hydroxylation is 1. The summed E-state index contributed by atoms with van der Waals surface area (Å²) in [5.74, 6) is 0. The molecule has 4 nitrogen and oxygen atoms in total. The Morgan fingerprint density at radius 1 is 1.42 bits per heavy atom. The van der Waals surface area contributed by atoms with Gasteiger partial charge in [0.1, 0.15) is 5.69 Å². The van der Waals surface area contributed by atoms with Crippen molar-refractivity contribution < 1.29 is 4.79 Å². The van der Waals surface area contributed by atoms with E-state index < -0.39 is 0 Å². The lowest BCUT2D eigenvalue weighted by molar-refractivity contribution is 0.111. The van der Waals surface area contributed by atoms with Crippen LogP contribution in [0.1, 0.15) is 37.0 Å². The highest BCUT2D eigenvalue weighted by atomic mass is 16.1. The number of rotatable bonds is 1. The Kier molecular flexibility index (Phi) is 2.00. The van der Waals surface area contributed by atoms with E-state index in [1.807, 2.05) is 20.8 Å². The minimum Gasteiger partial charge on any atom is -0.296 e. The van der Waals surface area contributed by atoms with Crippen molar-refractivity contribution in [3.8, 4) is 0 Å². The molecule has 1 aromatic heterocycles. The SMILES string of the molecule is Cn1nnc(C=O)c1C(C)(C)C. The van der Waals surface area contributed by atoms with Crippen LogP contribution in [0.3, 0.4) is 0 Å². The van der Waals surface area contributed by atoms with Gasteiger partial charge >= 0.3 is 0 Å². The molecule has 0 spiro atoms. The Morgan fingerprint density at radius 2 is 2.00 bits per heavy atom. The summed E-state index contributed by atoms with van der Waals surface area (Å²) in [5, 5.41) is 7.53. The van der Waals surface area contributed by atoms with E-state index in [0.29, 0.717) is 5.69 Å². The summed E-state index contributed by atoms with van der Waals surface area (Å²) in [6.45, 7) is 6.08. The van der Waals surface area contributed by atoms with Crippen LogP contribution in [0.5, 0.6) is 0 Å². The van der Waals surface area contributed by atoms with Gasteiger partial charge in [0, 0.05) is 12.5 Å². The van der Waals surface area contributed by atoms with Crippen LogP contribution in [0.25, 0.3) is 0 Å². The number of hydrogen-bond acceptors (Lipinski definition) is 3. The molecule has 4 heteroatoms. The van der Waals surface area contributed by atoms with Gasteiger partial charge in [0.25, 0.3) is 0 Å². The molecule has 12 heavy (non-hydrogen) atoms. The molecular formula is C8H13N3O. The van der Waals surface area contributed by atoms with E-state index in [-0.39, 0.29) is 5.41 Å². The highest BCUT2D eigenvalue weighted by Gasteiger charge is 2.23. The molecule has 0 aromatic carbocycles. The van der Waals surface area contributed by atoms with Gasteiger partial charge in [0.05, 0.1) is 5.69 Å². The lowest BCUT2D eigenvalue weighted by Crippen LogP contribution is -2.18. The second-order valence-corrected chi connectivity index (χ2v) is 3.81. The van der Waals surface area contributed by atoms with Crippen molar-refractivity contribution in [1.82, 2.24) is 15.0 Å². The molecular weight excluding hydrogens is 154 g/mol. The molecule has 66 valence electrons. The lowest BCUT2D eigenvalue weighted by atomic mass is 9.91. The van der Waals surface area contributed by atoms with E-state index >= 15 is 0 Å². The molecule has 0 aliphatic rings. The first kappa shape index (κ1) is 8.90. The maximum atomic E-state index is 10.6. The molecule has 0 saturated carbocycles. The standard InChI is InChI=1S/C8H13N3O/c1-8(2,3)7-6(5-12)9-10-11(7)4/h5H,1-4H3. The van der Waals surface area contributed by atoms with Crippen molar-refractivity contribution in [2.45, 2.75) is 26.2 Å². The first-order chi connectivity index (χ1) is 5.46. The van der Waals surface area contributed by atoms with E-state index in [0.717, 1.165) is 12.0 Å². The van der Waals surface area contributed by atoms with Gasteiger partial charge in [-0.2, -0.15) is 0 Å². The van der Waals surface area contributed by atoms with E-state index in [2.05, 4.69) is 10.3 Å². The van der Waals surface area contributed by atoms with Crippen LogP contribution in [0.4, 0.5) is 0 Å². The van der Waals surface area contributed by atoms with Gasteiger partial charge in [-0.15, -0.1) is 5.10 Å². The predicted octanol–water partition coefficient (Wildman–Crippen LogP) is 0.925. The van der Waals surface area contributed by atoms with Crippen LogP contribution in [-0.4, -0.2) is 21.3 Å². The van der Waals surface area contributed by atoms with Gasteiger partial charge < -0.3 is 0 Å². The average molecular weight is 167 g/mol. The summed E-state index contributed by atoms with van der Waals surface area (Å²) in [4.78, 5) is 10.6. The summed E-state index contributed by atoms with van der Waals surface area (Å²) < 4.78 is 1.64. The zero-order chi connectivity index (χ0) is 9.35. The number of hydrogen-bond donors (Lipinski definition) is 0. The summed E-state index contributed by atoms with van der Waals surface area (Å²) in [5.41, 5.74) is 1.22. The Hall–Kier alpha value is -1.19. The maximum Gasteiger partial charge on any atom is 0.172 e. The van der Waals surface area contributed by atoms with Crippen molar-refractivity contribution in [2.24, 2.45) is 7.05 Å². The molecule has 1 rings (SSSR count). The fraction of sp³-hybridized carbons (Fsp3) is 0.625. The highest BCUT2D eigenvalue weighted by Crippen LogP contribution is 2.22. The van der Waals surface area contributed by atoms with Crippen molar-refractivity contribution in [1.29, 1.82) is 0 Å². The van der Waals surface area contributed by atoms with Crippen LogP contribution < -0.4 is 0 Å². The second-order valence-electron chi connectivity index (χ2n) is 3.81. The van der Waals surface area contributed by atoms with E-state index in [4.69, 9.17) is 0 Å². The van der Waals surface area contributed by atoms with Crippen molar-refractivity contribution >= 4 is 6.29 Å². The molecule has 0 amide bonds. The van der Waals surface area contributed by atoms with Crippen LogP contribution in [0.2, 0.25) is 0 Å². The molecule has 0 aliphatic carbocycles. The third-order valence-corrected chi connectivity index (χ3v) is 1.67. The number of nitrogens with zero attached hydrogens (tertiary/aromatic N) is 3. The molecule has 0 fully saturated rings. The fourth-order valence-electron chi connectivity index (χ4n) is 1.32. The van der Waals surface area contributed by atoms with E-state index in [1.165, 1.54) is 0 Å². The molecule has 0 bridgehead atoms. The summed E-state index contributed by atoms with van der Waals surface area (Å²) in [7, 11) is 1.79. The molecule has 0 aliphatic heterocycles. The largest absolute Gasteiger partial charge is 0.296 e. The third kappa shape index (κ3) is 1.37. The zero-order valence-electron chi connectivity index (χ0n) is 7.83. The molecule has 0 unspecified atom stereocenters. The quantitative estimate of drug-likeness (QED) is 0.584. The van der Waals surface area contributed by atoms with Crippen molar-refractivity contribution in [3.63, 3.8) is 0 Å². The number of carbonyl (C=O) groups is 1. The first-order valence-electron chi connectivity index (χ1n) is 3.82. The molecule has 1 aromatic rings. The maximum absolute atomic E-state index is 10.6. The topological polar surface area (TPSA) is 47.8 Å². The van der Waals surface area contributed by atoms with Crippen molar-refractivity contribution in [2.75, 3.05) is 0 Å². The fourth-order valence-corrected chi connectivity index (χ4v) is 1.32. The van der Waals surface area contributed by atoms with Crippen LogP contribution in [0.15, 0.2) is 0 Å². The molecule has 0 saturated heterocycles. The lowest BCUT2D eigenvalue weighted by Gasteiger charge is -2.18. The van der Waals surface area contributed by atoms with Crippen LogP contribution >= 0.6 is 0 Å². The molecule has 1 heterocycles. The van der Waals surface area contributed by atoms with Gasteiger partial charge in [-0.1, -0.05) is 26.0 Å². The van der Waals surface area contributed by atoms with Gasteiger partial charge in [0.2, 0.25) is 0 Å². The van der Waals surface area contributed by atoms with Gasteiger partial charge in [-0.3, -0.25) is 9.48 Å². The summed E-state index contributed by atoms with van der Waals surface area (Å²) in [6, 6.07) is 0. The Bertz CT molecular complexity index is 296. The smallest absolute Gasteiger partial charge is 0.172 e. The average Bonchev–Trinajstić information content (AvgIpc) is 2.29. The molecule has 0 atom stereocenters. The Balaban J connectivity index is 3.28. The predicted molar refractivity (Wildman–Crippen MR) is 45.1 cm³/mol. The minimum atomic E-state index is -0.0888. The molecule has 0 radical (unpaired) electrons. The minimum absolute atomic E-state index is 0.0888. The van der Waals surface area contributed by atoms with Gasteiger partial charge in [-0.05, 0) is 0 Å². The van der Waals surface area contributed by atoms with Gasteiger partial charge in [-0.25, -0.2) is 0 Å². The van der Waals surface area contributed by atoms with Gasteiger partial charge in [0.15, 0.2) is 6.29 Å². The normalized spacial score (nSPS) is 11.7. The Labute approximate surface area is 71.6 Å². The summed E-state index contributed by atoms with van der Waals surface area (Å²) >= 11 is 0.